The second-order valence-corrected chi connectivity index (χ2v) is 2.69. The van der Waals surface area contributed by atoms with Gasteiger partial charge in [-0.2, -0.15) is 5.10 Å². The van der Waals surface area contributed by atoms with Gasteiger partial charge in [0.1, 0.15) is 4.60 Å². The number of hydrogen-bond donors (Lipinski definition) is 1. The van der Waals surface area contributed by atoms with Crippen LogP contribution in [0.15, 0.2) is 10.8 Å². The largest absolute Gasteiger partial charge is 0.392 e. The van der Waals surface area contributed by atoms with E-state index in [1.165, 1.54) is 0 Å². The van der Waals surface area contributed by atoms with E-state index >= 15 is 0 Å². The number of rotatable bonds is 2. The molecular formula is C6H9BrN2O. The van der Waals surface area contributed by atoms with Crippen molar-refractivity contribution < 1.29 is 5.11 Å². The van der Waals surface area contributed by atoms with Crippen LogP contribution >= 0.6 is 15.9 Å². The van der Waals surface area contributed by atoms with Crippen molar-refractivity contribution in [3.8, 4) is 0 Å². The molecule has 10 heavy (non-hydrogen) atoms. The highest BCUT2D eigenvalue weighted by Gasteiger charge is 2.03. The Morgan fingerprint density at radius 3 is 2.80 bits per heavy atom. The van der Waals surface area contributed by atoms with Crippen molar-refractivity contribution in [1.82, 2.24) is 9.78 Å². The lowest BCUT2D eigenvalue weighted by Crippen LogP contribution is -1.95. The first-order valence-corrected chi connectivity index (χ1v) is 3.90. The zero-order valence-corrected chi connectivity index (χ0v) is 7.30. The van der Waals surface area contributed by atoms with Gasteiger partial charge in [-0.1, -0.05) is 0 Å². The number of nitrogens with zero attached hydrogens (tertiary/aromatic N) is 2. The Labute approximate surface area is 67.8 Å². The third-order valence-electron chi connectivity index (χ3n) is 1.31. The smallest absolute Gasteiger partial charge is 0.109 e. The quantitative estimate of drug-likeness (QED) is 0.786. The normalized spacial score (nSPS) is 10.3. The Kier molecular flexibility index (Phi) is 2.45. The zero-order valence-electron chi connectivity index (χ0n) is 5.71. The predicted octanol–water partition coefficient (Wildman–Crippen LogP) is 1.16. The molecule has 4 heteroatoms. The molecule has 0 bridgehead atoms. The summed E-state index contributed by atoms with van der Waals surface area (Å²) in [5, 5.41) is 12.8. The minimum atomic E-state index is 0.0422. The van der Waals surface area contributed by atoms with E-state index in [-0.39, 0.29) is 6.61 Å². The Morgan fingerprint density at radius 2 is 2.50 bits per heavy atom. The summed E-state index contributed by atoms with van der Waals surface area (Å²) >= 11 is 3.31. The number of aliphatic hydroxyl groups excluding tert-OH is 1. The Hall–Kier alpha value is -0.350. The summed E-state index contributed by atoms with van der Waals surface area (Å²) in [6, 6.07) is 0. The van der Waals surface area contributed by atoms with Crippen LogP contribution in [0.25, 0.3) is 0 Å². The molecule has 1 rings (SSSR count). The fourth-order valence-corrected chi connectivity index (χ4v) is 1.31. The Bertz CT molecular complexity index is 200. The van der Waals surface area contributed by atoms with Crippen molar-refractivity contribution in [2.75, 3.05) is 0 Å². The van der Waals surface area contributed by atoms with Gasteiger partial charge in [-0.05, 0) is 22.9 Å². The SMILES string of the molecule is CCn1ncc(CO)c1Br. The van der Waals surface area contributed by atoms with E-state index in [2.05, 4.69) is 21.0 Å². The molecule has 0 aromatic carbocycles. The van der Waals surface area contributed by atoms with Gasteiger partial charge in [0.25, 0.3) is 0 Å². The summed E-state index contributed by atoms with van der Waals surface area (Å²) < 4.78 is 2.66. The number of hydrogen-bond acceptors (Lipinski definition) is 2. The molecule has 0 fully saturated rings. The van der Waals surface area contributed by atoms with Crippen molar-refractivity contribution in [3.05, 3.63) is 16.4 Å². The average Bonchev–Trinajstić information content (AvgIpc) is 2.30. The maximum Gasteiger partial charge on any atom is 0.109 e. The van der Waals surface area contributed by atoms with E-state index < -0.39 is 0 Å². The molecule has 0 aliphatic heterocycles. The molecule has 0 spiro atoms. The zero-order chi connectivity index (χ0) is 7.56. The molecule has 0 radical (unpaired) electrons. The monoisotopic (exact) mass is 204 g/mol. The number of aryl methyl sites for hydroxylation is 1. The van der Waals surface area contributed by atoms with Crippen LogP contribution in [0, 0.1) is 0 Å². The molecule has 56 valence electrons. The van der Waals surface area contributed by atoms with Crippen molar-refractivity contribution in [1.29, 1.82) is 0 Å². The first-order chi connectivity index (χ1) is 4.79. The average molecular weight is 205 g/mol. The topological polar surface area (TPSA) is 38.0 Å². The second kappa shape index (κ2) is 3.16. The molecule has 0 aliphatic carbocycles. The fraction of sp³-hybridized carbons (Fsp3) is 0.500. The lowest BCUT2D eigenvalue weighted by atomic mass is 10.4. The highest BCUT2D eigenvalue weighted by atomic mass is 79.9. The van der Waals surface area contributed by atoms with Crippen LogP contribution in [0.1, 0.15) is 12.5 Å². The van der Waals surface area contributed by atoms with Gasteiger partial charge in [-0.25, -0.2) is 0 Å². The third-order valence-corrected chi connectivity index (χ3v) is 2.23. The minimum Gasteiger partial charge on any atom is -0.392 e. The first kappa shape index (κ1) is 7.75. The van der Waals surface area contributed by atoms with Gasteiger partial charge in [-0.15, -0.1) is 0 Å². The van der Waals surface area contributed by atoms with Crippen LogP contribution < -0.4 is 0 Å². The van der Waals surface area contributed by atoms with E-state index in [1.54, 1.807) is 10.9 Å². The molecule has 3 nitrogen and oxygen atoms in total. The number of aliphatic hydroxyl groups is 1. The third kappa shape index (κ3) is 1.22. The van der Waals surface area contributed by atoms with E-state index in [9.17, 15) is 0 Å². The van der Waals surface area contributed by atoms with E-state index in [0.29, 0.717) is 0 Å². The van der Waals surface area contributed by atoms with Crippen molar-refractivity contribution >= 4 is 15.9 Å². The van der Waals surface area contributed by atoms with Gasteiger partial charge in [0.05, 0.1) is 12.8 Å². The molecule has 0 amide bonds. The standard InChI is InChI=1S/C6H9BrN2O/c1-2-9-6(7)5(4-10)3-8-9/h3,10H,2,4H2,1H3. The van der Waals surface area contributed by atoms with E-state index in [4.69, 9.17) is 5.11 Å². The molecular weight excluding hydrogens is 196 g/mol. The van der Waals surface area contributed by atoms with Crippen LogP contribution in [-0.2, 0) is 13.2 Å². The van der Waals surface area contributed by atoms with Crippen molar-refractivity contribution in [3.63, 3.8) is 0 Å². The van der Waals surface area contributed by atoms with Crippen LogP contribution in [0.3, 0.4) is 0 Å². The van der Waals surface area contributed by atoms with E-state index in [1.807, 2.05) is 6.92 Å². The molecule has 0 unspecified atom stereocenters. The summed E-state index contributed by atoms with van der Waals surface area (Å²) in [6.07, 6.45) is 1.66. The van der Waals surface area contributed by atoms with Crippen LogP contribution in [-0.4, -0.2) is 14.9 Å². The number of aromatic nitrogens is 2. The first-order valence-electron chi connectivity index (χ1n) is 3.10. The predicted molar refractivity (Wildman–Crippen MR) is 41.5 cm³/mol. The maximum absolute atomic E-state index is 8.74. The summed E-state index contributed by atoms with van der Waals surface area (Å²) in [7, 11) is 0. The number of halogens is 1. The fourth-order valence-electron chi connectivity index (χ4n) is 0.736. The second-order valence-electron chi connectivity index (χ2n) is 1.93. The lowest BCUT2D eigenvalue weighted by Gasteiger charge is -1.96. The molecule has 0 aliphatic rings. The van der Waals surface area contributed by atoms with E-state index in [0.717, 1.165) is 16.7 Å². The molecule has 0 atom stereocenters. The van der Waals surface area contributed by atoms with Gasteiger partial charge in [-0.3, -0.25) is 4.68 Å². The van der Waals surface area contributed by atoms with Crippen molar-refractivity contribution in [2.24, 2.45) is 0 Å². The molecule has 0 saturated heterocycles. The molecule has 1 aromatic rings. The van der Waals surface area contributed by atoms with Crippen LogP contribution in [0.4, 0.5) is 0 Å². The van der Waals surface area contributed by atoms with Crippen LogP contribution in [0.5, 0.6) is 0 Å². The van der Waals surface area contributed by atoms with Crippen LogP contribution in [0.2, 0.25) is 0 Å². The summed E-state index contributed by atoms with van der Waals surface area (Å²) in [5.41, 5.74) is 0.835. The minimum absolute atomic E-state index is 0.0422. The molecule has 1 heterocycles. The Morgan fingerprint density at radius 1 is 1.80 bits per heavy atom. The molecule has 0 saturated carbocycles. The highest BCUT2D eigenvalue weighted by Crippen LogP contribution is 2.15. The molecule has 1 N–H and O–H groups in total. The van der Waals surface area contributed by atoms with Gasteiger partial charge < -0.3 is 5.11 Å². The van der Waals surface area contributed by atoms with Gasteiger partial charge in [0.2, 0.25) is 0 Å². The molecule has 1 aromatic heterocycles. The van der Waals surface area contributed by atoms with Gasteiger partial charge >= 0.3 is 0 Å². The summed E-state index contributed by atoms with van der Waals surface area (Å²) in [6.45, 7) is 2.86. The Balaban J connectivity index is 2.97. The lowest BCUT2D eigenvalue weighted by molar-refractivity contribution is 0.281. The summed E-state index contributed by atoms with van der Waals surface area (Å²) in [4.78, 5) is 0. The maximum atomic E-state index is 8.74. The van der Waals surface area contributed by atoms with Gasteiger partial charge in [0, 0.05) is 12.1 Å². The van der Waals surface area contributed by atoms with Crippen molar-refractivity contribution in [2.45, 2.75) is 20.1 Å². The summed E-state index contributed by atoms with van der Waals surface area (Å²) in [5.74, 6) is 0. The highest BCUT2D eigenvalue weighted by molar-refractivity contribution is 9.10. The van der Waals surface area contributed by atoms with Gasteiger partial charge in [0.15, 0.2) is 0 Å².